The van der Waals surface area contributed by atoms with E-state index in [9.17, 15) is 4.79 Å². The lowest BCUT2D eigenvalue weighted by Crippen LogP contribution is -2.36. The summed E-state index contributed by atoms with van der Waals surface area (Å²) in [5.74, 6) is 0.231. The van der Waals surface area contributed by atoms with Crippen molar-refractivity contribution in [1.29, 1.82) is 0 Å². The van der Waals surface area contributed by atoms with Gasteiger partial charge < -0.3 is 0 Å². The molecule has 0 heterocycles. The maximum Gasteiger partial charge on any atom is 0.147 e. The summed E-state index contributed by atoms with van der Waals surface area (Å²) >= 11 is 0. The van der Waals surface area contributed by atoms with Crippen LogP contribution in [0.3, 0.4) is 0 Å². The molecule has 0 N–H and O–H groups in total. The molecule has 0 saturated carbocycles. The maximum absolute atomic E-state index is 12.8. The Bertz CT molecular complexity index is 530. The predicted octanol–water partition coefficient (Wildman–Crippen LogP) is 4.53. The van der Waals surface area contributed by atoms with Crippen LogP contribution in [-0.4, -0.2) is 5.78 Å². The van der Waals surface area contributed by atoms with E-state index in [2.05, 4.69) is 6.58 Å². The van der Waals surface area contributed by atoms with Crippen molar-refractivity contribution in [2.75, 3.05) is 0 Å². The molecule has 0 atom stereocenters. The van der Waals surface area contributed by atoms with E-state index < -0.39 is 5.41 Å². The van der Waals surface area contributed by atoms with Gasteiger partial charge in [-0.1, -0.05) is 73.7 Å². The average Bonchev–Trinajstić information content (AvgIpc) is 2.53. The number of ketones is 1. The van der Waals surface area contributed by atoms with Crippen molar-refractivity contribution in [3.8, 4) is 0 Å². The molecule has 0 radical (unpaired) electrons. The van der Waals surface area contributed by atoms with Crippen molar-refractivity contribution in [3.63, 3.8) is 0 Å². The molecule has 0 unspecified atom stereocenters. The fraction of sp³-hybridized carbons (Fsp3) is 0.211. The van der Waals surface area contributed by atoms with Gasteiger partial charge in [-0.15, -0.1) is 6.58 Å². The van der Waals surface area contributed by atoms with Crippen molar-refractivity contribution < 1.29 is 4.79 Å². The Labute approximate surface area is 121 Å². The fourth-order valence-electron chi connectivity index (χ4n) is 2.80. The first kappa shape index (κ1) is 14.3. The number of hydrogen-bond acceptors (Lipinski definition) is 1. The van der Waals surface area contributed by atoms with E-state index in [0.29, 0.717) is 12.8 Å². The molecule has 2 aromatic rings. The maximum atomic E-state index is 12.8. The molecule has 0 aliphatic carbocycles. The van der Waals surface area contributed by atoms with Crippen LogP contribution in [0.2, 0.25) is 0 Å². The fourth-order valence-corrected chi connectivity index (χ4v) is 2.80. The van der Waals surface area contributed by atoms with E-state index in [4.69, 9.17) is 0 Å². The summed E-state index contributed by atoms with van der Waals surface area (Å²) < 4.78 is 0. The number of carbonyl (C=O) groups is 1. The molecule has 20 heavy (non-hydrogen) atoms. The third kappa shape index (κ3) is 2.44. The first-order valence-electron chi connectivity index (χ1n) is 7.01. The second-order valence-corrected chi connectivity index (χ2v) is 4.91. The first-order valence-corrected chi connectivity index (χ1v) is 7.01. The third-order valence-corrected chi connectivity index (χ3v) is 3.78. The van der Waals surface area contributed by atoms with Crippen LogP contribution >= 0.6 is 0 Å². The monoisotopic (exact) mass is 264 g/mol. The molecule has 2 rings (SSSR count). The van der Waals surface area contributed by atoms with Gasteiger partial charge in [-0.05, 0) is 17.5 Å². The summed E-state index contributed by atoms with van der Waals surface area (Å²) in [5.41, 5.74) is 1.47. The molecular formula is C19H20O. The van der Waals surface area contributed by atoms with E-state index in [1.165, 1.54) is 0 Å². The van der Waals surface area contributed by atoms with Gasteiger partial charge in [-0.2, -0.15) is 0 Å². The zero-order valence-corrected chi connectivity index (χ0v) is 11.9. The second kappa shape index (κ2) is 6.33. The SMILES string of the molecule is C=CCC(C(=O)CC)(c1ccccc1)c1ccccc1. The lowest BCUT2D eigenvalue weighted by atomic mass is 9.68. The highest BCUT2D eigenvalue weighted by atomic mass is 16.1. The van der Waals surface area contributed by atoms with Gasteiger partial charge in [0, 0.05) is 6.42 Å². The number of hydrogen-bond donors (Lipinski definition) is 0. The van der Waals surface area contributed by atoms with E-state index in [0.717, 1.165) is 11.1 Å². The standard InChI is InChI=1S/C19H20O/c1-3-15-19(18(20)4-2,16-11-7-5-8-12-16)17-13-9-6-10-14-17/h3,5-14H,1,4,15H2,2H3. The number of carbonyl (C=O) groups excluding carboxylic acids is 1. The highest BCUT2D eigenvalue weighted by Crippen LogP contribution is 2.37. The van der Waals surface area contributed by atoms with Gasteiger partial charge in [0.15, 0.2) is 0 Å². The Morgan fingerprint density at radius 3 is 1.80 bits per heavy atom. The summed E-state index contributed by atoms with van der Waals surface area (Å²) in [6, 6.07) is 20.0. The molecule has 0 amide bonds. The van der Waals surface area contributed by atoms with Crippen LogP contribution < -0.4 is 0 Å². The topological polar surface area (TPSA) is 17.1 Å². The highest BCUT2D eigenvalue weighted by Gasteiger charge is 2.39. The predicted molar refractivity (Wildman–Crippen MR) is 83.8 cm³/mol. The van der Waals surface area contributed by atoms with Crippen LogP contribution in [0.5, 0.6) is 0 Å². The molecule has 2 aromatic carbocycles. The first-order chi connectivity index (χ1) is 9.75. The Morgan fingerprint density at radius 1 is 1.00 bits per heavy atom. The van der Waals surface area contributed by atoms with Crippen LogP contribution in [0, 0.1) is 0 Å². The van der Waals surface area contributed by atoms with Gasteiger partial charge in [0.05, 0.1) is 5.41 Å². The van der Waals surface area contributed by atoms with Gasteiger partial charge in [-0.3, -0.25) is 4.79 Å². The Hall–Kier alpha value is -2.15. The minimum atomic E-state index is -0.612. The van der Waals surface area contributed by atoms with Crippen LogP contribution in [0.25, 0.3) is 0 Å². The number of rotatable bonds is 6. The lowest BCUT2D eigenvalue weighted by Gasteiger charge is -2.32. The summed E-state index contributed by atoms with van der Waals surface area (Å²) in [7, 11) is 0. The summed E-state index contributed by atoms with van der Waals surface area (Å²) in [6.07, 6.45) is 2.97. The summed E-state index contributed by atoms with van der Waals surface area (Å²) in [5, 5.41) is 0. The summed E-state index contributed by atoms with van der Waals surface area (Å²) in [6.45, 7) is 5.78. The average molecular weight is 264 g/mol. The van der Waals surface area contributed by atoms with Crippen molar-refractivity contribution in [1.82, 2.24) is 0 Å². The van der Waals surface area contributed by atoms with Gasteiger partial charge in [0.1, 0.15) is 5.78 Å². The minimum absolute atomic E-state index is 0.231. The van der Waals surface area contributed by atoms with Crippen LogP contribution in [0.1, 0.15) is 30.9 Å². The molecule has 0 bridgehead atoms. The van der Waals surface area contributed by atoms with Crippen LogP contribution in [-0.2, 0) is 10.2 Å². The Balaban J connectivity index is 2.69. The van der Waals surface area contributed by atoms with Crippen molar-refractivity contribution >= 4 is 5.78 Å². The quantitative estimate of drug-likeness (QED) is 0.701. The minimum Gasteiger partial charge on any atom is -0.298 e. The number of benzene rings is 2. The molecule has 0 aliphatic heterocycles. The number of allylic oxidation sites excluding steroid dienone is 1. The van der Waals surface area contributed by atoms with E-state index in [1.54, 1.807) is 0 Å². The van der Waals surface area contributed by atoms with Crippen molar-refractivity contribution in [2.24, 2.45) is 0 Å². The Kier molecular flexibility index (Phi) is 4.52. The number of Topliss-reactive ketones (excluding diaryl/α,β-unsaturated/α-hetero) is 1. The molecular weight excluding hydrogens is 244 g/mol. The molecule has 0 aliphatic rings. The molecule has 0 saturated heterocycles. The van der Waals surface area contributed by atoms with Gasteiger partial charge >= 0.3 is 0 Å². The zero-order valence-electron chi connectivity index (χ0n) is 11.9. The van der Waals surface area contributed by atoms with Crippen molar-refractivity contribution in [3.05, 3.63) is 84.4 Å². The third-order valence-electron chi connectivity index (χ3n) is 3.78. The lowest BCUT2D eigenvalue weighted by molar-refractivity contribution is -0.122. The smallest absolute Gasteiger partial charge is 0.147 e. The molecule has 102 valence electrons. The van der Waals surface area contributed by atoms with Crippen LogP contribution in [0.15, 0.2) is 73.3 Å². The molecule has 1 nitrogen and oxygen atoms in total. The van der Waals surface area contributed by atoms with E-state index in [1.807, 2.05) is 73.7 Å². The molecule has 0 spiro atoms. The van der Waals surface area contributed by atoms with E-state index >= 15 is 0 Å². The molecule has 1 heteroatoms. The van der Waals surface area contributed by atoms with E-state index in [-0.39, 0.29) is 5.78 Å². The normalized spacial score (nSPS) is 11.1. The largest absolute Gasteiger partial charge is 0.298 e. The van der Waals surface area contributed by atoms with Gasteiger partial charge in [0.25, 0.3) is 0 Å². The molecule has 0 aromatic heterocycles. The van der Waals surface area contributed by atoms with Gasteiger partial charge in [0.2, 0.25) is 0 Å². The van der Waals surface area contributed by atoms with Gasteiger partial charge in [-0.25, -0.2) is 0 Å². The second-order valence-electron chi connectivity index (χ2n) is 4.91. The van der Waals surface area contributed by atoms with Crippen LogP contribution in [0.4, 0.5) is 0 Å². The zero-order chi connectivity index (χ0) is 14.4. The highest BCUT2D eigenvalue weighted by molar-refractivity contribution is 5.93. The Morgan fingerprint density at radius 2 is 1.45 bits per heavy atom. The molecule has 0 fully saturated rings. The summed E-state index contributed by atoms with van der Waals surface area (Å²) in [4.78, 5) is 12.8. The van der Waals surface area contributed by atoms with Crippen molar-refractivity contribution in [2.45, 2.75) is 25.2 Å².